The summed E-state index contributed by atoms with van der Waals surface area (Å²) in [6.45, 7) is 1.93. The van der Waals surface area contributed by atoms with Crippen molar-refractivity contribution in [1.82, 2.24) is 20.5 Å². The predicted octanol–water partition coefficient (Wildman–Crippen LogP) is 4.09. The summed E-state index contributed by atoms with van der Waals surface area (Å²) < 4.78 is 0. The predicted molar refractivity (Wildman–Crippen MR) is 101 cm³/mol. The van der Waals surface area contributed by atoms with E-state index in [1.807, 2.05) is 61.5 Å². The molecule has 0 aliphatic carbocycles. The summed E-state index contributed by atoms with van der Waals surface area (Å²) in [4.78, 5) is 16.5. The van der Waals surface area contributed by atoms with Gasteiger partial charge < -0.3 is 5.32 Å². The van der Waals surface area contributed by atoms with Crippen LogP contribution in [0.15, 0.2) is 59.8 Å². The Balaban J connectivity index is 1.53. The van der Waals surface area contributed by atoms with Gasteiger partial charge in [-0.15, -0.1) is 5.10 Å². The van der Waals surface area contributed by atoms with Crippen molar-refractivity contribution >= 4 is 29.3 Å². The van der Waals surface area contributed by atoms with Gasteiger partial charge in [0.15, 0.2) is 5.82 Å². The van der Waals surface area contributed by atoms with Crippen molar-refractivity contribution in [2.24, 2.45) is 0 Å². The molecule has 25 heavy (non-hydrogen) atoms. The number of carbonyl (C=O) groups excluding carboxylic acids is 1. The molecule has 1 amide bonds. The monoisotopic (exact) mass is 372 g/mol. The van der Waals surface area contributed by atoms with Gasteiger partial charge >= 0.3 is 0 Å². The van der Waals surface area contributed by atoms with Crippen molar-refractivity contribution in [2.75, 3.05) is 5.75 Å². The first-order chi connectivity index (χ1) is 12.1. The van der Waals surface area contributed by atoms with Gasteiger partial charge in [0.05, 0.1) is 11.8 Å². The van der Waals surface area contributed by atoms with E-state index < -0.39 is 0 Å². The molecule has 0 fully saturated rings. The number of thioether (sulfide) groups is 1. The zero-order valence-electron chi connectivity index (χ0n) is 13.6. The van der Waals surface area contributed by atoms with E-state index in [0.29, 0.717) is 16.0 Å². The largest absolute Gasteiger partial charge is 0.349 e. The lowest BCUT2D eigenvalue weighted by molar-refractivity contribution is -0.119. The third-order valence-corrected chi connectivity index (χ3v) is 4.65. The molecular formula is C18H17ClN4OS. The van der Waals surface area contributed by atoms with Crippen LogP contribution in [0.25, 0.3) is 11.4 Å². The van der Waals surface area contributed by atoms with E-state index in [1.54, 1.807) is 0 Å². The molecule has 0 radical (unpaired) electrons. The molecular weight excluding hydrogens is 356 g/mol. The summed E-state index contributed by atoms with van der Waals surface area (Å²) in [5.41, 5.74) is 1.93. The summed E-state index contributed by atoms with van der Waals surface area (Å²) in [6, 6.07) is 17.1. The molecule has 1 aromatic heterocycles. The molecule has 0 aliphatic rings. The van der Waals surface area contributed by atoms with Crippen LogP contribution in [0.3, 0.4) is 0 Å². The first-order valence-electron chi connectivity index (χ1n) is 7.77. The second kappa shape index (κ2) is 8.18. The Morgan fingerprint density at radius 1 is 1.24 bits per heavy atom. The second-order valence-electron chi connectivity index (χ2n) is 5.47. The third-order valence-electron chi connectivity index (χ3n) is 3.57. The Bertz CT molecular complexity index is 853. The standard InChI is InChI=1S/C18H17ClN4OS/c1-12(14-8-5-9-15(19)10-14)20-16(24)11-25-18-21-17(22-23-18)13-6-3-2-4-7-13/h2-10,12H,11H2,1H3,(H,20,24)(H,21,22,23)/t12-/m1/s1. The topological polar surface area (TPSA) is 70.7 Å². The first-order valence-corrected chi connectivity index (χ1v) is 9.13. The number of amides is 1. The maximum Gasteiger partial charge on any atom is 0.230 e. The highest BCUT2D eigenvalue weighted by molar-refractivity contribution is 7.99. The lowest BCUT2D eigenvalue weighted by atomic mass is 10.1. The van der Waals surface area contributed by atoms with Gasteiger partial charge in [-0.05, 0) is 24.6 Å². The van der Waals surface area contributed by atoms with Gasteiger partial charge in [-0.3, -0.25) is 9.89 Å². The molecule has 2 N–H and O–H groups in total. The number of nitrogens with one attached hydrogen (secondary N) is 2. The van der Waals surface area contributed by atoms with Crippen LogP contribution >= 0.6 is 23.4 Å². The van der Waals surface area contributed by atoms with Gasteiger partial charge in [-0.1, -0.05) is 65.8 Å². The number of halogens is 1. The van der Waals surface area contributed by atoms with Crippen LogP contribution in [-0.4, -0.2) is 26.8 Å². The molecule has 3 aromatic rings. The Morgan fingerprint density at radius 3 is 2.80 bits per heavy atom. The summed E-state index contributed by atoms with van der Waals surface area (Å²) in [7, 11) is 0. The molecule has 1 atom stereocenters. The SMILES string of the molecule is C[C@@H](NC(=O)CSc1n[nH]c(-c2ccccc2)n1)c1cccc(Cl)c1. The second-order valence-corrected chi connectivity index (χ2v) is 6.84. The number of nitrogens with zero attached hydrogens (tertiary/aromatic N) is 2. The van der Waals surface area contributed by atoms with E-state index in [-0.39, 0.29) is 17.7 Å². The fraction of sp³-hybridized carbons (Fsp3) is 0.167. The van der Waals surface area contributed by atoms with Gasteiger partial charge in [-0.25, -0.2) is 4.98 Å². The van der Waals surface area contributed by atoms with Gasteiger partial charge in [0, 0.05) is 10.6 Å². The number of aromatic nitrogens is 3. The first kappa shape index (κ1) is 17.5. The number of aromatic amines is 1. The molecule has 7 heteroatoms. The minimum absolute atomic E-state index is 0.0801. The van der Waals surface area contributed by atoms with Crippen LogP contribution in [0.2, 0.25) is 5.02 Å². The van der Waals surface area contributed by atoms with Gasteiger partial charge in [0.1, 0.15) is 0 Å². The normalized spacial score (nSPS) is 11.9. The quantitative estimate of drug-likeness (QED) is 0.639. The van der Waals surface area contributed by atoms with Crippen LogP contribution in [0.1, 0.15) is 18.5 Å². The Hall–Kier alpha value is -2.31. The molecule has 128 valence electrons. The number of rotatable bonds is 6. The lowest BCUT2D eigenvalue weighted by Gasteiger charge is -2.14. The van der Waals surface area contributed by atoms with E-state index >= 15 is 0 Å². The van der Waals surface area contributed by atoms with E-state index in [4.69, 9.17) is 11.6 Å². The number of hydrogen-bond donors (Lipinski definition) is 2. The summed E-state index contributed by atoms with van der Waals surface area (Å²) >= 11 is 7.28. The maximum atomic E-state index is 12.1. The summed E-state index contributed by atoms with van der Waals surface area (Å²) in [5, 5.41) is 11.2. The van der Waals surface area contributed by atoms with Crippen molar-refractivity contribution in [3.05, 3.63) is 65.2 Å². The average molecular weight is 373 g/mol. The van der Waals surface area contributed by atoms with Crippen molar-refractivity contribution in [3.63, 3.8) is 0 Å². The Labute approximate surface area is 155 Å². The fourth-order valence-corrected chi connectivity index (χ4v) is 3.12. The number of benzene rings is 2. The fourth-order valence-electron chi connectivity index (χ4n) is 2.31. The smallest absolute Gasteiger partial charge is 0.230 e. The lowest BCUT2D eigenvalue weighted by Crippen LogP contribution is -2.28. The summed E-state index contributed by atoms with van der Waals surface area (Å²) in [6.07, 6.45) is 0. The highest BCUT2D eigenvalue weighted by Gasteiger charge is 2.12. The van der Waals surface area contributed by atoms with Gasteiger partial charge in [0.25, 0.3) is 0 Å². The van der Waals surface area contributed by atoms with Crippen LogP contribution in [0.5, 0.6) is 0 Å². The highest BCUT2D eigenvalue weighted by atomic mass is 35.5. The van der Waals surface area contributed by atoms with Crippen LogP contribution < -0.4 is 5.32 Å². The van der Waals surface area contributed by atoms with Crippen molar-refractivity contribution in [1.29, 1.82) is 0 Å². The molecule has 0 spiro atoms. The van der Waals surface area contributed by atoms with Crippen LogP contribution in [-0.2, 0) is 4.79 Å². The van der Waals surface area contributed by atoms with E-state index in [0.717, 1.165) is 11.1 Å². The Morgan fingerprint density at radius 2 is 2.04 bits per heavy atom. The molecule has 1 heterocycles. The van der Waals surface area contributed by atoms with E-state index in [1.165, 1.54) is 11.8 Å². The van der Waals surface area contributed by atoms with E-state index in [9.17, 15) is 4.79 Å². The van der Waals surface area contributed by atoms with Crippen molar-refractivity contribution < 1.29 is 4.79 Å². The van der Waals surface area contributed by atoms with E-state index in [2.05, 4.69) is 20.5 Å². The van der Waals surface area contributed by atoms with Crippen molar-refractivity contribution in [2.45, 2.75) is 18.1 Å². The molecule has 0 saturated heterocycles. The molecule has 0 aliphatic heterocycles. The van der Waals surface area contributed by atoms with Gasteiger partial charge in [0.2, 0.25) is 11.1 Å². The number of hydrogen-bond acceptors (Lipinski definition) is 4. The molecule has 2 aromatic carbocycles. The third kappa shape index (κ3) is 4.84. The number of H-pyrrole nitrogens is 1. The van der Waals surface area contributed by atoms with Crippen molar-refractivity contribution in [3.8, 4) is 11.4 Å². The minimum atomic E-state index is -0.112. The maximum absolute atomic E-state index is 12.1. The molecule has 0 saturated carbocycles. The van der Waals surface area contributed by atoms with Crippen LogP contribution in [0.4, 0.5) is 0 Å². The molecule has 5 nitrogen and oxygen atoms in total. The van der Waals surface area contributed by atoms with Crippen LogP contribution in [0, 0.1) is 0 Å². The highest BCUT2D eigenvalue weighted by Crippen LogP contribution is 2.20. The van der Waals surface area contributed by atoms with Gasteiger partial charge in [-0.2, -0.15) is 0 Å². The average Bonchev–Trinajstić information content (AvgIpc) is 3.10. The molecule has 0 unspecified atom stereocenters. The molecule has 3 rings (SSSR count). The Kier molecular flexibility index (Phi) is 5.73. The number of carbonyl (C=O) groups is 1. The zero-order valence-corrected chi connectivity index (χ0v) is 15.1. The minimum Gasteiger partial charge on any atom is -0.349 e. The zero-order chi connectivity index (χ0) is 17.6. The summed E-state index contributed by atoms with van der Waals surface area (Å²) in [5.74, 6) is 0.858. The molecule has 0 bridgehead atoms.